The normalized spacial score (nSPS) is 10.7. The molecule has 7 heteroatoms. The number of nitro groups is 1. The lowest BCUT2D eigenvalue weighted by atomic mass is 10.2. The second-order valence-electron chi connectivity index (χ2n) is 4.42. The van der Waals surface area contributed by atoms with E-state index in [1.807, 2.05) is 23.9 Å². The van der Waals surface area contributed by atoms with Crippen molar-refractivity contribution in [3.05, 3.63) is 56.3 Å². The molecule has 0 unspecified atom stereocenters. The molecular weight excluding hydrogens is 324 g/mol. The lowest BCUT2D eigenvalue weighted by molar-refractivity contribution is -0.385. The highest BCUT2D eigenvalue weighted by molar-refractivity contribution is 9.10. The molecule has 1 N–H and O–H groups in total. The molecule has 0 spiro atoms. The Labute approximate surface area is 125 Å². The third-order valence-corrected chi connectivity index (χ3v) is 3.69. The molecule has 1 heterocycles. The van der Waals surface area contributed by atoms with Crippen LogP contribution in [-0.4, -0.2) is 21.2 Å². The van der Waals surface area contributed by atoms with Gasteiger partial charge in [0.25, 0.3) is 5.69 Å². The van der Waals surface area contributed by atoms with Crippen molar-refractivity contribution in [2.45, 2.75) is 13.0 Å². The van der Waals surface area contributed by atoms with Gasteiger partial charge in [-0.15, -0.1) is 0 Å². The number of nitro benzene ring substituents is 1. The van der Waals surface area contributed by atoms with Gasteiger partial charge in [0.1, 0.15) is 0 Å². The van der Waals surface area contributed by atoms with Crippen LogP contribution in [0, 0.1) is 10.1 Å². The van der Waals surface area contributed by atoms with Gasteiger partial charge in [0.2, 0.25) is 0 Å². The van der Waals surface area contributed by atoms with E-state index in [9.17, 15) is 10.1 Å². The van der Waals surface area contributed by atoms with E-state index in [-0.39, 0.29) is 10.6 Å². The molecule has 0 fully saturated rings. The van der Waals surface area contributed by atoms with Crippen LogP contribution in [0.1, 0.15) is 11.3 Å². The number of rotatable bonds is 6. The zero-order valence-corrected chi connectivity index (χ0v) is 12.6. The van der Waals surface area contributed by atoms with Gasteiger partial charge >= 0.3 is 0 Å². The van der Waals surface area contributed by atoms with Gasteiger partial charge in [-0.1, -0.05) is 6.07 Å². The van der Waals surface area contributed by atoms with E-state index in [0.717, 1.165) is 24.2 Å². The number of hydrogen-bond acceptors (Lipinski definition) is 4. The van der Waals surface area contributed by atoms with Crippen molar-refractivity contribution in [2.75, 3.05) is 6.54 Å². The molecule has 0 amide bonds. The summed E-state index contributed by atoms with van der Waals surface area (Å²) in [5.74, 6) is 0. The molecule has 0 radical (unpaired) electrons. The first kappa shape index (κ1) is 14.7. The number of aryl methyl sites for hydroxylation is 1. The Morgan fingerprint density at radius 2 is 2.25 bits per heavy atom. The molecule has 0 saturated carbocycles. The van der Waals surface area contributed by atoms with E-state index in [2.05, 4.69) is 26.3 Å². The number of halogens is 1. The zero-order valence-electron chi connectivity index (χ0n) is 11.0. The Balaban J connectivity index is 1.87. The first-order valence-corrected chi connectivity index (χ1v) is 6.97. The first-order valence-electron chi connectivity index (χ1n) is 6.18. The zero-order chi connectivity index (χ0) is 14.5. The van der Waals surface area contributed by atoms with Gasteiger partial charge < -0.3 is 5.32 Å². The average Bonchev–Trinajstić information content (AvgIpc) is 2.82. The Hall–Kier alpha value is -1.73. The maximum absolute atomic E-state index is 10.8. The molecule has 0 aliphatic rings. The highest BCUT2D eigenvalue weighted by atomic mass is 79.9. The van der Waals surface area contributed by atoms with E-state index in [4.69, 9.17) is 0 Å². The summed E-state index contributed by atoms with van der Waals surface area (Å²) in [6.45, 7) is 1.40. The second-order valence-corrected chi connectivity index (χ2v) is 5.27. The van der Waals surface area contributed by atoms with Crippen LogP contribution < -0.4 is 5.32 Å². The van der Waals surface area contributed by atoms with Crippen LogP contribution in [0.5, 0.6) is 0 Å². The van der Waals surface area contributed by atoms with Gasteiger partial charge in [-0.2, -0.15) is 5.10 Å². The van der Waals surface area contributed by atoms with Crippen LogP contribution in [0.4, 0.5) is 5.69 Å². The fourth-order valence-electron chi connectivity index (χ4n) is 1.90. The molecule has 0 bridgehead atoms. The second kappa shape index (κ2) is 6.62. The van der Waals surface area contributed by atoms with Crippen molar-refractivity contribution in [1.82, 2.24) is 15.1 Å². The highest BCUT2D eigenvalue weighted by Gasteiger charge is 2.11. The lowest BCUT2D eigenvalue weighted by Gasteiger charge is -2.06. The van der Waals surface area contributed by atoms with Crippen molar-refractivity contribution in [3.63, 3.8) is 0 Å². The third kappa shape index (κ3) is 3.64. The Bertz CT molecular complexity index is 612. The van der Waals surface area contributed by atoms with Crippen LogP contribution in [0.3, 0.4) is 0 Å². The predicted molar refractivity (Wildman–Crippen MR) is 79.4 cm³/mol. The maximum Gasteiger partial charge on any atom is 0.283 e. The van der Waals surface area contributed by atoms with Crippen LogP contribution in [-0.2, 0) is 20.0 Å². The topological polar surface area (TPSA) is 73.0 Å². The summed E-state index contributed by atoms with van der Waals surface area (Å²) in [4.78, 5) is 10.5. The third-order valence-electron chi connectivity index (χ3n) is 3.02. The van der Waals surface area contributed by atoms with Crippen molar-refractivity contribution in [2.24, 2.45) is 7.05 Å². The van der Waals surface area contributed by atoms with Crippen molar-refractivity contribution in [1.29, 1.82) is 0 Å². The number of nitrogens with zero attached hydrogens (tertiary/aromatic N) is 3. The minimum Gasteiger partial charge on any atom is -0.312 e. The van der Waals surface area contributed by atoms with Crippen molar-refractivity contribution < 1.29 is 4.92 Å². The Morgan fingerprint density at radius 1 is 1.45 bits per heavy atom. The molecule has 1 aromatic heterocycles. The fourth-order valence-corrected chi connectivity index (χ4v) is 2.30. The maximum atomic E-state index is 10.8. The number of benzene rings is 1. The van der Waals surface area contributed by atoms with E-state index in [0.29, 0.717) is 11.0 Å². The highest BCUT2D eigenvalue weighted by Crippen LogP contribution is 2.25. The molecule has 0 aliphatic heterocycles. The van der Waals surface area contributed by atoms with E-state index in [1.165, 1.54) is 0 Å². The fraction of sp³-hybridized carbons (Fsp3) is 0.308. The van der Waals surface area contributed by atoms with Gasteiger partial charge in [-0.25, -0.2) is 0 Å². The van der Waals surface area contributed by atoms with Gasteiger partial charge in [0, 0.05) is 44.5 Å². The molecule has 106 valence electrons. The van der Waals surface area contributed by atoms with Crippen LogP contribution >= 0.6 is 15.9 Å². The van der Waals surface area contributed by atoms with Gasteiger partial charge in [-0.05, 0) is 33.6 Å². The molecule has 0 saturated heterocycles. The molecule has 1 aromatic carbocycles. The molecular formula is C13H15BrN4O2. The van der Waals surface area contributed by atoms with Crippen molar-refractivity contribution in [3.8, 4) is 0 Å². The minimum absolute atomic E-state index is 0.0935. The molecule has 2 rings (SSSR count). The Morgan fingerprint density at radius 3 is 2.90 bits per heavy atom. The SMILES string of the molecule is Cn1nccc1CCNCc1ccc(Br)c([N+](=O)[O-])c1. The summed E-state index contributed by atoms with van der Waals surface area (Å²) >= 11 is 3.18. The van der Waals surface area contributed by atoms with Gasteiger partial charge in [0.15, 0.2) is 0 Å². The quantitative estimate of drug-likeness (QED) is 0.498. The first-order chi connectivity index (χ1) is 9.58. The number of hydrogen-bond donors (Lipinski definition) is 1. The monoisotopic (exact) mass is 338 g/mol. The van der Waals surface area contributed by atoms with E-state index >= 15 is 0 Å². The summed E-state index contributed by atoms with van der Waals surface area (Å²) < 4.78 is 2.34. The van der Waals surface area contributed by atoms with Crippen molar-refractivity contribution >= 4 is 21.6 Å². The van der Waals surface area contributed by atoms with Crippen LogP contribution in [0.25, 0.3) is 0 Å². The molecule has 20 heavy (non-hydrogen) atoms. The van der Waals surface area contributed by atoms with Gasteiger partial charge in [-0.3, -0.25) is 14.8 Å². The molecule has 6 nitrogen and oxygen atoms in total. The minimum atomic E-state index is -0.386. The summed E-state index contributed by atoms with van der Waals surface area (Å²) in [5.41, 5.74) is 2.14. The largest absolute Gasteiger partial charge is 0.312 e. The smallest absolute Gasteiger partial charge is 0.283 e. The van der Waals surface area contributed by atoms with Gasteiger partial charge in [0.05, 0.1) is 9.40 Å². The predicted octanol–water partition coefficient (Wildman–Crippen LogP) is 2.42. The number of nitrogens with one attached hydrogen (secondary N) is 1. The summed E-state index contributed by atoms with van der Waals surface area (Å²) in [6, 6.07) is 7.14. The average molecular weight is 339 g/mol. The van der Waals surface area contributed by atoms with E-state index < -0.39 is 0 Å². The van der Waals surface area contributed by atoms with Crippen LogP contribution in [0.2, 0.25) is 0 Å². The summed E-state index contributed by atoms with van der Waals surface area (Å²) in [5, 5.41) is 18.2. The molecule has 2 aromatic rings. The van der Waals surface area contributed by atoms with Crippen LogP contribution in [0.15, 0.2) is 34.9 Å². The Kier molecular flexibility index (Phi) is 4.86. The number of aromatic nitrogens is 2. The standard InChI is InChI=1S/C13H15BrN4O2/c1-17-11(5-7-16-17)4-6-15-9-10-2-3-12(14)13(8-10)18(19)20/h2-3,5,7-8,15H,4,6,9H2,1H3. The van der Waals surface area contributed by atoms with E-state index in [1.54, 1.807) is 18.3 Å². The summed E-state index contributed by atoms with van der Waals surface area (Å²) in [6.07, 6.45) is 2.64. The molecule has 0 atom stereocenters. The summed E-state index contributed by atoms with van der Waals surface area (Å²) in [7, 11) is 1.91. The lowest BCUT2D eigenvalue weighted by Crippen LogP contribution is -2.18. The molecule has 0 aliphatic carbocycles.